The zero-order valence-corrected chi connectivity index (χ0v) is 11.3. The van der Waals surface area contributed by atoms with E-state index in [1.165, 1.54) is 5.56 Å². The molecule has 0 bridgehead atoms. The van der Waals surface area contributed by atoms with Crippen molar-refractivity contribution in [3.63, 3.8) is 0 Å². The minimum atomic E-state index is 0.106. The molecule has 0 amide bonds. The Morgan fingerprint density at radius 2 is 2.05 bits per heavy atom. The van der Waals surface area contributed by atoms with Gasteiger partial charge in [-0.1, -0.05) is 35.9 Å². The average molecular weight is 275 g/mol. The molecule has 1 unspecified atom stereocenters. The molecule has 1 aliphatic rings. The second-order valence-corrected chi connectivity index (χ2v) is 5.59. The Bertz CT molecular complexity index is 648. The second kappa shape index (κ2) is 4.86. The maximum atomic E-state index is 11.6. The summed E-state index contributed by atoms with van der Waals surface area (Å²) in [4.78, 5) is 11.6. The summed E-state index contributed by atoms with van der Waals surface area (Å²) < 4.78 is 0. The van der Waals surface area contributed by atoms with Crippen LogP contribution in [0.1, 0.15) is 37.2 Å². The van der Waals surface area contributed by atoms with Crippen LogP contribution in [0.3, 0.4) is 0 Å². The average Bonchev–Trinajstić information content (AvgIpc) is 2.43. The number of carbonyl (C=O) groups is 1. The van der Waals surface area contributed by atoms with Crippen molar-refractivity contribution in [1.29, 1.82) is 0 Å². The summed E-state index contributed by atoms with van der Waals surface area (Å²) in [6.45, 7) is 0. The Balaban J connectivity index is 2.02. The molecule has 0 heterocycles. The van der Waals surface area contributed by atoms with Gasteiger partial charge >= 0.3 is 0 Å². The van der Waals surface area contributed by atoms with Crippen molar-refractivity contribution in [3.8, 4) is 5.75 Å². The van der Waals surface area contributed by atoms with Crippen LogP contribution in [0.15, 0.2) is 30.3 Å². The Kier molecular flexibility index (Phi) is 3.19. The lowest BCUT2D eigenvalue weighted by Crippen LogP contribution is -2.13. The molecule has 2 aromatic carbocycles. The fourth-order valence-corrected chi connectivity index (χ4v) is 3.10. The van der Waals surface area contributed by atoms with Gasteiger partial charge in [0.05, 0.1) is 5.02 Å². The lowest BCUT2D eigenvalue weighted by atomic mass is 9.83. The van der Waals surface area contributed by atoms with E-state index in [9.17, 15) is 9.90 Å². The number of Topliss-reactive ketones (excluding diaryl/α,β-unsaturated/α-hetero) is 1. The molecule has 0 aromatic heterocycles. The number of rotatable bonds is 1. The summed E-state index contributed by atoms with van der Waals surface area (Å²) >= 11 is 6.08. The Labute approximate surface area is 117 Å². The van der Waals surface area contributed by atoms with Crippen molar-refractivity contribution in [2.24, 2.45) is 0 Å². The number of benzene rings is 2. The van der Waals surface area contributed by atoms with Gasteiger partial charge in [0, 0.05) is 18.2 Å². The lowest BCUT2D eigenvalue weighted by Gasteiger charge is -2.21. The number of fused-ring (bicyclic) bond motifs is 1. The van der Waals surface area contributed by atoms with Crippen LogP contribution < -0.4 is 0 Å². The van der Waals surface area contributed by atoms with E-state index in [-0.39, 0.29) is 5.75 Å². The minimum Gasteiger partial charge on any atom is -0.506 e. The van der Waals surface area contributed by atoms with Crippen LogP contribution in [0.25, 0.3) is 10.8 Å². The van der Waals surface area contributed by atoms with Crippen molar-refractivity contribution in [3.05, 3.63) is 40.9 Å². The van der Waals surface area contributed by atoms with E-state index < -0.39 is 0 Å². The summed E-state index contributed by atoms with van der Waals surface area (Å²) in [5.41, 5.74) is 1.20. The number of hydrogen-bond donors (Lipinski definition) is 1. The molecule has 1 saturated carbocycles. The van der Waals surface area contributed by atoms with Crippen molar-refractivity contribution < 1.29 is 9.90 Å². The number of aromatic hydroxyl groups is 1. The van der Waals surface area contributed by atoms with Gasteiger partial charge in [-0.3, -0.25) is 4.79 Å². The zero-order valence-electron chi connectivity index (χ0n) is 10.5. The van der Waals surface area contributed by atoms with Crippen molar-refractivity contribution in [1.82, 2.24) is 0 Å². The molecule has 1 fully saturated rings. The molecule has 19 heavy (non-hydrogen) atoms. The summed E-state index contributed by atoms with van der Waals surface area (Å²) in [5.74, 6) is 0.799. The van der Waals surface area contributed by atoms with E-state index in [0.29, 0.717) is 23.1 Å². The molecule has 0 spiro atoms. The van der Waals surface area contributed by atoms with Crippen LogP contribution in [-0.2, 0) is 4.79 Å². The first kappa shape index (κ1) is 12.5. The molecular weight excluding hydrogens is 260 g/mol. The molecule has 98 valence electrons. The predicted octanol–water partition coefficient (Wildman–Crippen LogP) is 4.43. The first-order valence-corrected chi connectivity index (χ1v) is 6.96. The monoisotopic (exact) mass is 274 g/mol. The lowest BCUT2D eigenvalue weighted by molar-refractivity contribution is -0.120. The molecule has 2 aromatic rings. The maximum Gasteiger partial charge on any atom is 0.134 e. The number of hydrogen-bond acceptors (Lipinski definition) is 2. The summed E-state index contributed by atoms with van der Waals surface area (Å²) in [7, 11) is 0. The molecule has 0 saturated heterocycles. The fourth-order valence-electron chi connectivity index (χ4n) is 2.86. The second-order valence-electron chi connectivity index (χ2n) is 5.21. The SMILES string of the molecule is O=C1CCCC(c2ccc3c(Cl)c(O)ccc3c2)C1. The molecule has 1 atom stereocenters. The maximum absolute atomic E-state index is 11.6. The van der Waals surface area contributed by atoms with E-state index in [1.807, 2.05) is 18.2 Å². The number of phenols is 1. The highest BCUT2D eigenvalue weighted by Gasteiger charge is 2.21. The van der Waals surface area contributed by atoms with E-state index >= 15 is 0 Å². The first-order chi connectivity index (χ1) is 9.15. The quantitative estimate of drug-likeness (QED) is 0.835. The summed E-state index contributed by atoms with van der Waals surface area (Å²) in [5, 5.41) is 11.9. The Hall–Kier alpha value is -1.54. The van der Waals surface area contributed by atoms with Gasteiger partial charge in [-0.05, 0) is 35.8 Å². The molecule has 3 heteroatoms. The smallest absolute Gasteiger partial charge is 0.134 e. The molecule has 1 aliphatic carbocycles. The van der Waals surface area contributed by atoms with Gasteiger partial charge in [0.2, 0.25) is 0 Å². The van der Waals surface area contributed by atoms with E-state index in [0.717, 1.165) is 30.0 Å². The molecule has 0 aliphatic heterocycles. The zero-order chi connectivity index (χ0) is 13.4. The van der Waals surface area contributed by atoms with E-state index in [2.05, 4.69) is 6.07 Å². The molecule has 3 rings (SSSR count). The predicted molar refractivity (Wildman–Crippen MR) is 76.8 cm³/mol. The van der Waals surface area contributed by atoms with Gasteiger partial charge in [-0.2, -0.15) is 0 Å². The van der Waals surface area contributed by atoms with Crippen molar-refractivity contribution in [2.45, 2.75) is 31.6 Å². The highest BCUT2D eigenvalue weighted by molar-refractivity contribution is 6.37. The number of phenolic OH excluding ortho intramolecular Hbond substituents is 1. The fraction of sp³-hybridized carbons (Fsp3) is 0.312. The highest BCUT2D eigenvalue weighted by atomic mass is 35.5. The molecule has 2 nitrogen and oxygen atoms in total. The van der Waals surface area contributed by atoms with Crippen molar-refractivity contribution in [2.75, 3.05) is 0 Å². The van der Waals surface area contributed by atoms with Crippen LogP contribution >= 0.6 is 11.6 Å². The van der Waals surface area contributed by atoms with Crippen molar-refractivity contribution >= 4 is 28.2 Å². The van der Waals surface area contributed by atoms with Gasteiger partial charge in [0.15, 0.2) is 0 Å². The molecule has 0 radical (unpaired) electrons. The minimum absolute atomic E-state index is 0.106. The van der Waals surface area contributed by atoms with Crippen LogP contribution in [0.2, 0.25) is 5.02 Å². The Morgan fingerprint density at radius 1 is 1.21 bits per heavy atom. The topological polar surface area (TPSA) is 37.3 Å². The first-order valence-electron chi connectivity index (χ1n) is 6.58. The summed E-state index contributed by atoms with van der Waals surface area (Å²) in [6.07, 6.45) is 3.43. The van der Waals surface area contributed by atoms with Gasteiger partial charge in [-0.15, -0.1) is 0 Å². The third-order valence-electron chi connectivity index (χ3n) is 3.91. The van der Waals surface area contributed by atoms with E-state index in [1.54, 1.807) is 6.07 Å². The Morgan fingerprint density at radius 3 is 2.84 bits per heavy atom. The van der Waals surface area contributed by atoms with Crippen LogP contribution in [0, 0.1) is 0 Å². The normalized spacial score (nSPS) is 19.8. The van der Waals surface area contributed by atoms with Gasteiger partial charge in [0.1, 0.15) is 11.5 Å². The molecule has 1 N–H and O–H groups in total. The number of halogens is 1. The summed E-state index contributed by atoms with van der Waals surface area (Å²) in [6, 6.07) is 9.53. The van der Waals surface area contributed by atoms with Gasteiger partial charge < -0.3 is 5.11 Å². The molecular formula is C16H15ClO2. The van der Waals surface area contributed by atoms with Gasteiger partial charge in [0.25, 0.3) is 0 Å². The van der Waals surface area contributed by atoms with Crippen LogP contribution in [0.4, 0.5) is 0 Å². The van der Waals surface area contributed by atoms with E-state index in [4.69, 9.17) is 11.6 Å². The number of ketones is 1. The largest absolute Gasteiger partial charge is 0.506 e. The van der Waals surface area contributed by atoms with Gasteiger partial charge in [-0.25, -0.2) is 0 Å². The standard InChI is InChI=1S/C16H15ClO2/c17-16-14-6-4-11(8-12(14)5-7-15(16)19)10-2-1-3-13(18)9-10/h4-8,10,19H,1-3,9H2. The third-order valence-corrected chi connectivity index (χ3v) is 4.31. The highest BCUT2D eigenvalue weighted by Crippen LogP contribution is 2.36. The number of carbonyl (C=O) groups excluding carboxylic acids is 1. The third kappa shape index (κ3) is 2.33. The van der Waals surface area contributed by atoms with Crippen LogP contribution in [-0.4, -0.2) is 10.9 Å². The van der Waals surface area contributed by atoms with Crippen LogP contribution in [0.5, 0.6) is 5.75 Å².